The molecule has 1 aliphatic heterocycles. The van der Waals surface area contributed by atoms with Gasteiger partial charge in [-0.3, -0.25) is 9.59 Å². The van der Waals surface area contributed by atoms with E-state index < -0.39 is 58.6 Å². The molecule has 0 atom stereocenters. The Morgan fingerprint density at radius 2 is 1.69 bits per heavy atom. The maximum Gasteiger partial charge on any atom is 0.419 e. The van der Waals surface area contributed by atoms with E-state index in [2.05, 4.69) is 10.2 Å². The number of hydrogen-bond donors (Lipinski definition) is 2. The summed E-state index contributed by atoms with van der Waals surface area (Å²) < 4.78 is 96.7. The van der Waals surface area contributed by atoms with E-state index >= 15 is 0 Å². The summed E-state index contributed by atoms with van der Waals surface area (Å²) in [6.07, 6.45) is -8.48. The normalized spacial score (nSPS) is 15.5. The molecule has 0 saturated carbocycles. The van der Waals surface area contributed by atoms with Crippen molar-refractivity contribution in [2.45, 2.75) is 65.0 Å². The Labute approximate surface area is 221 Å². The number of likely N-dealkylation sites (tertiary alicyclic amines) is 1. The summed E-state index contributed by atoms with van der Waals surface area (Å²) >= 11 is 0. The third-order valence-electron chi connectivity index (χ3n) is 7.07. The first-order valence-corrected chi connectivity index (χ1v) is 12.6. The van der Waals surface area contributed by atoms with Crippen LogP contribution in [0.2, 0.25) is 0 Å². The van der Waals surface area contributed by atoms with Gasteiger partial charge in [0.05, 0.1) is 16.8 Å². The molecule has 2 N–H and O–H groups in total. The average molecular weight is 565 g/mol. The topological polar surface area (TPSA) is 68.4 Å². The van der Waals surface area contributed by atoms with Gasteiger partial charge in [0.25, 0.3) is 11.5 Å². The quantitative estimate of drug-likeness (QED) is 0.450. The largest absolute Gasteiger partial charge is 0.419 e. The number of benzene rings is 1. The molecule has 0 radical (unpaired) electrons. The minimum atomic E-state index is -5.24. The van der Waals surface area contributed by atoms with Gasteiger partial charge in [-0.25, -0.2) is 4.39 Å². The van der Waals surface area contributed by atoms with Gasteiger partial charge in [-0.2, -0.15) is 26.3 Å². The van der Waals surface area contributed by atoms with Crippen molar-refractivity contribution in [3.63, 3.8) is 0 Å². The lowest BCUT2D eigenvalue weighted by Crippen LogP contribution is -2.44. The van der Waals surface area contributed by atoms with Crippen LogP contribution in [0.4, 0.5) is 36.4 Å². The van der Waals surface area contributed by atoms with E-state index in [0.717, 1.165) is 26.1 Å². The van der Waals surface area contributed by atoms with Gasteiger partial charge in [-0.1, -0.05) is 6.92 Å². The highest BCUT2D eigenvalue weighted by molar-refractivity contribution is 5.97. The summed E-state index contributed by atoms with van der Waals surface area (Å²) in [5.74, 6) is -2.80. The standard InChI is InChI=1S/C26H31F7N4O2/c1-5-17-18(23(38)34-13-19-21(26(31,32)33)22(27)14(3)35-24(19)39)11-15(25(28,29)30)12-20(17)37(6-2)16-7-9-36(4)10-8-16/h11-12,16H,5-10,13H2,1-4H3,(H,34,38)(H,35,39). The van der Waals surface area contributed by atoms with E-state index in [9.17, 15) is 40.3 Å². The maximum atomic E-state index is 14.3. The Morgan fingerprint density at radius 1 is 1.08 bits per heavy atom. The van der Waals surface area contributed by atoms with E-state index in [-0.39, 0.29) is 23.7 Å². The molecule has 1 fully saturated rings. The number of anilines is 1. The van der Waals surface area contributed by atoms with Crippen LogP contribution in [-0.2, 0) is 25.3 Å². The minimum absolute atomic E-state index is 0.0701. The van der Waals surface area contributed by atoms with Crippen LogP contribution in [0.25, 0.3) is 0 Å². The third-order valence-corrected chi connectivity index (χ3v) is 7.07. The molecule has 1 aromatic heterocycles. The van der Waals surface area contributed by atoms with Crippen molar-refractivity contribution >= 4 is 11.6 Å². The number of aromatic amines is 1. The number of carbonyl (C=O) groups is 1. The summed E-state index contributed by atoms with van der Waals surface area (Å²) in [7, 11) is 1.95. The van der Waals surface area contributed by atoms with Crippen LogP contribution >= 0.6 is 0 Å². The maximum absolute atomic E-state index is 14.3. The SMILES string of the molecule is CCc1c(C(=O)NCc2c(C(F)(F)F)c(F)c(C)[nH]c2=O)cc(C(F)(F)F)cc1N(CC)C1CCN(C)CC1. The highest BCUT2D eigenvalue weighted by Crippen LogP contribution is 2.38. The molecule has 216 valence electrons. The number of carbonyl (C=O) groups excluding carboxylic acids is 1. The average Bonchev–Trinajstić information content (AvgIpc) is 2.84. The van der Waals surface area contributed by atoms with Crippen molar-refractivity contribution in [3.05, 3.63) is 61.8 Å². The Morgan fingerprint density at radius 3 is 2.21 bits per heavy atom. The summed E-state index contributed by atoms with van der Waals surface area (Å²) in [6, 6.07) is 1.59. The van der Waals surface area contributed by atoms with E-state index in [0.29, 0.717) is 31.0 Å². The van der Waals surface area contributed by atoms with Gasteiger partial charge < -0.3 is 20.1 Å². The zero-order valence-electron chi connectivity index (χ0n) is 22.0. The number of amides is 1. The number of pyridine rings is 1. The molecular weight excluding hydrogens is 533 g/mol. The van der Waals surface area contributed by atoms with Crippen LogP contribution in [0.5, 0.6) is 0 Å². The molecule has 13 heteroatoms. The number of rotatable bonds is 7. The van der Waals surface area contributed by atoms with Crippen molar-refractivity contribution in [2.75, 3.05) is 31.6 Å². The van der Waals surface area contributed by atoms with Gasteiger partial charge in [-0.15, -0.1) is 0 Å². The van der Waals surface area contributed by atoms with E-state index in [1.54, 1.807) is 13.8 Å². The Balaban J connectivity index is 2.07. The number of hydrogen-bond acceptors (Lipinski definition) is 4. The van der Waals surface area contributed by atoms with Crippen molar-refractivity contribution in [3.8, 4) is 0 Å². The predicted octanol–water partition coefficient (Wildman–Crippen LogP) is 5.27. The number of aromatic nitrogens is 1. The molecule has 1 aromatic carbocycles. The fourth-order valence-corrected chi connectivity index (χ4v) is 5.04. The smallest absolute Gasteiger partial charge is 0.368 e. The number of nitrogens with one attached hydrogen (secondary N) is 2. The summed E-state index contributed by atoms with van der Waals surface area (Å²) in [6.45, 7) is 5.24. The van der Waals surface area contributed by atoms with E-state index in [4.69, 9.17) is 0 Å². The van der Waals surface area contributed by atoms with Gasteiger partial charge in [0.1, 0.15) is 5.56 Å². The van der Waals surface area contributed by atoms with Crippen LogP contribution in [-0.4, -0.2) is 48.5 Å². The first kappa shape index (κ1) is 30.5. The highest BCUT2D eigenvalue weighted by atomic mass is 19.4. The number of H-pyrrole nitrogens is 1. The van der Waals surface area contributed by atoms with Gasteiger partial charge in [0.15, 0.2) is 5.82 Å². The van der Waals surface area contributed by atoms with Crippen molar-refractivity contribution in [1.82, 2.24) is 15.2 Å². The molecule has 6 nitrogen and oxygen atoms in total. The van der Waals surface area contributed by atoms with Crippen LogP contribution in [0.15, 0.2) is 16.9 Å². The lowest BCUT2D eigenvalue weighted by molar-refractivity contribution is -0.141. The number of piperidine rings is 1. The monoisotopic (exact) mass is 564 g/mol. The van der Waals surface area contributed by atoms with Crippen molar-refractivity contribution in [1.29, 1.82) is 0 Å². The van der Waals surface area contributed by atoms with Gasteiger partial charge in [0.2, 0.25) is 0 Å². The number of halogens is 7. The molecule has 39 heavy (non-hydrogen) atoms. The van der Waals surface area contributed by atoms with Crippen LogP contribution < -0.4 is 15.8 Å². The Hall–Kier alpha value is -3.09. The van der Waals surface area contributed by atoms with Gasteiger partial charge in [-0.05, 0) is 70.9 Å². The molecule has 2 heterocycles. The highest BCUT2D eigenvalue weighted by Gasteiger charge is 2.39. The molecule has 1 aliphatic rings. The first-order chi connectivity index (χ1) is 18.1. The Bertz CT molecular complexity index is 1260. The fourth-order valence-electron chi connectivity index (χ4n) is 5.04. The lowest BCUT2D eigenvalue weighted by Gasteiger charge is -2.39. The minimum Gasteiger partial charge on any atom is -0.368 e. The van der Waals surface area contributed by atoms with Gasteiger partial charge in [0, 0.05) is 30.4 Å². The Kier molecular flexibility index (Phi) is 9.03. The first-order valence-electron chi connectivity index (χ1n) is 12.6. The molecule has 2 aromatic rings. The van der Waals surface area contributed by atoms with Gasteiger partial charge >= 0.3 is 12.4 Å². The summed E-state index contributed by atoms with van der Waals surface area (Å²) in [4.78, 5) is 31.4. The summed E-state index contributed by atoms with van der Waals surface area (Å²) in [5, 5.41) is 2.12. The van der Waals surface area contributed by atoms with Crippen LogP contribution in [0, 0.1) is 12.7 Å². The third kappa shape index (κ3) is 6.56. The molecule has 0 bridgehead atoms. The van der Waals surface area contributed by atoms with Crippen molar-refractivity contribution < 1.29 is 35.5 Å². The zero-order valence-corrected chi connectivity index (χ0v) is 22.0. The molecule has 1 saturated heterocycles. The molecule has 0 unspecified atom stereocenters. The second-order valence-electron chi connectivity index (χ2n) is 9.62. The van der Waals surface area contributed by atoms with E-state index in [1.807, 2.05) is 16.9 Å². The molecule has 0 spiro atoms. The van der Waals surface area contributed by atoms with Crippen LogP contribution in [0.3, 0.4) is 0 Å². The number of nitrogens with zero attached hydrogens (tertiary/aromatic N) is 2. The lowest BCUT2D eigenvalue weighted by atomic mass is 9.95. The number of aryl methyl sites for hydroxylation is 1. The number of alkyl halides is 6. The van der Waals surface area contributed by atoms with E-state index in [1.165, 1.54) is 0 Å². The fraction of sp³-hybridized carbons (Fsp3) is 0.538. The van der Waals surface area contributed by atoms with Crippen LogP contribution in [0.1, 0.15) is 65.0 Å². The second-order valence-corrected chi connectivity index (χ2v) is 9.62. The predicted molar refractivity (Wildman–Crippen MR) is 132 cm³/mol. The molecule has 0 aliphatic carbocycles. The molecular formula is C26H31F7N4O2. The van der Waals surface area contributed by atoms with Crippen molar-refractivity contribution in [2.24, 2.45) is 0 Å². The molecule has 1 amide bonds. The molecule has 3 rings (SSSR count). The summed E-state index contributed by atoms with van der Waals surface area (Å²) in [5.41, 5.74) is -5.73. The zero-order chi connectivity index (χ0) is 29.3. The second kappa shape index (κ2) is 11.6.